The maximum absolute atomic E-state index is 9.33. The number of methoxy groups -OCH3 is 1. The van der Waals surface area contributed by atoms with E-state index in [-0.39, 0.29) is 12.1 Å². The van der Waals surface area contributed by atoms with Gasteiger partial charge in [-0.1, -0.05) is 6.92 Å². The number of aliphatic hydroxyl groups excluding tert-OH is 1. The third-order valence-corrected chi connectivity index (χ3v) is 3.09. The van der Waals surface area contributed by atoms with Crippen LogP contribution < -0.4 is 15.4 Å². The van der Waals surface area contributed by atoms with Gasteiger partial charge in [-0.25, -0.2) is 9.97 Å². The molecule has 0 atom stereocenters. The summed E-state index contributed by atoms with van der Waals surface area (Å²) in [5, 5.41) is 15.8. The van der Waals surface area contributed by atoms with Crippen LogP contribution in [0.3, 0.4) is 0 Å². The summed E-state index contributed by atoms with van der Waals surface area (Å²) in [5.74, 6) is 1.92. The number of hydrogen-bond acceptors (Lipinski definition) is 6. The number of rotatable bonds is 7. The van der Waals surface area contributed by atoms with Crippen molar-refractivity contribution in [3.63, 3.8) is 0 Å². The lowest BCUT2D eigenvalue weighted by molar-refractivity contribution is 0.265. The molecule has 2 rings (SSSR count). The first-order chi connectivity index (χ1) is 8.74. The summed E-state index contributed by atoms with van der Waals surface area (Å²) in [7, 11) is 1.60. The zero-order valence-corrected chi connectivity index (χ0v) is 10.9. The molecule has 1 fully saturated rings. The molecule has 0 bridgehead atoms. The summed E-state index contributed by atoms with van der Waals surface area (Å²) < 4.78 is 5.36. The monoisotopic (exact) mass is 252 g/mol. The van der Waals surface area contributed by atoms with Crippen molar-refractivity contribution in [2.24, 2.45) is 0 Å². The maximum atomic E-state index is 9.33. The molecule has 0 aromatic carbocycles. The van der Waals surface area contributed by atoms with Crippen LogP contribution in [-0.2, 0) is 0 Å². The Kier molecular flexibility index (Phi) is 3.86. The molecule has 1 aromatic rings. The summed E-state index contributed by atoms with van der Waals surface area (Å²) in [6, 6.07) is 0. The zero-order chi connectivity index (χ0) is 13.0. The first-order valence-electron chi connectivity index (χ1n) is 6.26. The number of hydrogen-bond donors (Lipinski definition) is 3. The second-order valence-electron chi connectivity index (χ2n) is 4.59. The van der Waals surface area contributed by atoms with E-state index < -0.39 is 0 Å². The minimum atomic E-state index is -0.219. The Labute approximate surface area is 107 Å². The predicted octanol–water partition coefficient (Wildman–Crippen LogP) is 1.24. The third-order valence-electron chi connectivity index (χ3n) is 3.09. The summed E-state index contributed by atoms with van der Waals surface area (Å²) in [6.07, 6.45) is 4.41. The highest BCUT2D eigenvalue weighted by Crippen LogP contribution is 2.41. The highest BCUT2D eigenvalue weighted by molar-refractivity contribution is 5.64. The first kappa shape index (κ1) is 12.9. The van der Waals surface area contributed by atoms with Crippen molar-refractivity contribution >= 4 is 11.6 Å². The van der Waals surface area contributed by atoms with Gasteiger partial charge in [0.2, 0.25) is 5.75 Å². The van der Waals surface area contributed by atoms with Gasteiger partial charge in [0, 0.05) is 6.54 Å². The van der Waals surface area contributed by atoms with Crippen molar-refractivity contribution in [1.82, 2.24) is 9.97 Å². The van der Waals surface area contributed by atoms with Crippen LogP contribution in [0.25, 0.3) is 0 Å². The molecule has 1 saturated carbocycles. The van der Waals surface area contributed by atoms with Gasteiger partial charge in [0.05, 0.1) is 19.3 Å². The van der Waals surface area contributed by atoms with Crippen LogP contribution in [-0.4, -0.2) is 40.9 Å². The number of ether oxygens (including phenoxy) is 1. The van der Waals surface area contributed by atoms with Crippen LogP contribution in [0, 0.1) is 0 Å². The lowest BCUT2D eigenvalue weighted by Crippen LogP contribution is -2.26. The molecule has 1 heterocycles. The van der Waals surface area contributed by atoms with E-state index in [1.54, 1.807) is 7.11 Å². The number of anilines is 2. The number of nitrogens with one attached hydrogen (secondary N) is 2. The van der Waals surface area contributed by atoms with E-state index >= 15 is 0 Å². The molecule has 18 heavy (non-hydrogen) atoms. The molecule has 1 aliphatic rings. The highest BCUT2D eigenvalue weighted by Gasteiger charge is 2.43. The molecule has 100 valence electrons. The van der Waals surface area contributed by atoms with E-state index in [0.717, 1.165) is 25.8 Å². The van der Waals surface area contributed by atoms with Crippen molar-refractivity contribution in [2.45, 2.75) is 31.7 Å². The Hall–Kier alpha value is -1.56. The average molecular weight is 252 g/mol. The molecule has 6 heteroatoms. The zero-order valence-electron chi connectivity index (χ0n) is 10.9. The minimum Gasteiger partial charge on any atom is -0.490 e. The Morgan fingerprint density at radius 2 is 2.11 bits per heavy atom. The van der Waals surface area contributed by atoms with Crippen LogP contribution >= 0.6 is 0 Å². The summed E-state index contributed by atoms with van der Waals surface area (Å²) in [4.78, 5) is 8.37. The summed E-state index contributed by atoms with van der Waals surface area (Å²) >= 11 is 0. The molecule has 3 N–H and O–H groups in total. The van der Waals surface area contributed by atoms with Gasteiger partial charge < -0.3 is 20.5 Å². The molecule has 0 spiro atoms. The molecule has 0 unspecified atom stereocenters. The van der Waals surface area contributed by atoms with Gasteiger partial charge in [-0.2, -0.15) is 0 Å². The summed E-state index contributed by atoms with van der Waals surface area (Å²) in [6.45, 7) is 3.03. The van der Waals surface area contributed by atoms with Crippen LogP contribution in [0.4, 0.5) is 11.6 Å². The number of aromatic nitrogens is 2. The topological polar surface area (TPSA) is 79.3 Å². The standard InChI is InChI=1S/C12H20N4O2/c1-3-6-13-10-9(18-2)11(15-8-14-10)16-12(7-17)4-5-12/h8,17H,3-7H2,1-2H3,(H2,13,14,15,16). The molecule has 6 nitrogen and oxygen atoms in total. The van der Waals surface area contributed by atoms with E-state index in [2.05, 4.69) is 27.5 Å². The fourth-order valence-electron chi connectivity index (χ4n) is 1.75. The Bertz CT molecular complexity index is 407. The van der Waals surface area contributed by atoms with Crippen molar-refractivity contribution < 1.29 is 9.84 Å². The van der Waals surface area contributed by atoms with E-state index in [1.807, 2.05) is 0 Å². The lowest BCUT2D eigenvalue weighted by atomic mass is 10.3. The molecular formula is C12H20N4O2. The van der Waals surface area contributed by atoms with Crippen molar-refractivity contribution in [1.29, 1.82) is 0 Å². The van der Waals surface area contributed by atoms with Crippen molar-refractivity contribution in [3.8, 4) is 5.75 Å². The number of aliphatic hydroxyl groups is 1. The second-order valence-corrected chi connectivity index (χ2v) is 4.59. The van der Waals surface area contributed by atoms with Gasteiger partial charge in [0.25, 0.3) is 0 Å². The van der Waals surface area contributed by atoms with Crippen molar-refractivity contribution in [3.05, 3.63) is 6.33 Å². The van der Waals surface area contributed by atoms with Crippen LogP contribution in [0.2, 0.25) is 0 Å². The third kappa shape index (κ3) is 2.64. The fraction of sp³-hybridized carbons (Fsp3) is 0.667. The normalized spacial score (nSPS) is 16.2. The van der Waals surface area contributed by atoms with E-state index in [1.165, 1.54) is 6.33 Å². The molecule has 0 radical (unpaired) electrons. The smallest absolute Gasteiger partial charge is 0.204 e. The van der Waals surface area contributed by atoms with Crippen molar-refractivity contribution in [2.75, 3.05) is 30.9 Å². The first-order valence-corrected chi connectivity index (χ1v) is 6.26. The van der Waals surface area contributed by atoms with E-state index in [9.17, 15) is 5.11 Å². The Morgan fingerprint density at radius 1 is 1.39 bits per heavy atom. The van der Waals surface area contributed by atoms with Crippen LogP contribution in [0.15, 0.2) is 6.33 Å². The van der Waals surface area contributed by atoms with Crippen LogP contribution in [0.1, 0.15) is 26.2 Å². The van der Waals surface area contributed by atoms with Gasteiger partial charge in [-0.3, -0.25) is 0 Å². The lowest BCUT2D eigenvalue weighted by Gasteiger charge is -2.18. The predicted molar refractivity (Wildman–Crippen MR) is 70.0 cm³/mol. The van der Waals surface area contributed by atoms with Gasteiger partial charge in [-0.05, 0) is 19.3 Å². The van der Waals surface area contributed by atoms with Gasteiger partial charge in [0.1, 0.15) is 6.33 Å². The Morgan fingerprint density at radius 3 is 2.67 bits per heavy atom. The average Bonchev–Trinajstić information content (AvgIpc) is 3.17. The molecule has 1 aromatic heterocycles. The van der Waals surface area contributed by atoms with E-state index in [4.69, 9.17) is 4.74 Å². The number of nitrogens with zero attached hydrogens (tertiary/aromatic N) is 2. The van der Waals surface area contributed by atoms with Crippen LogP contribution in [0.5, 0.6) is 5.75 Å². The Balaban J connectivity index is 2.18. The van der Waals surface area contributed by atoms with E-state index in [0.29, 0.717) is 17.4 Å². The summed E-state index contributed by atoms with van der Waals surface area (Å²) in [5.41, 5.74) is -0.219. The quantitative estimate of drug-likeness (QED) is 0.677. The largest absolute Gasteiger partial charge is 0.490 e. The molecule has 1 aliphatic carbocycles. The molecule has 0 aliphatic heterocycles. The van der Waals surface area contributed by atoms with Gasteiger partial charge in [-0.15, -0.1) is 0 Å². The minimum absolute atomic E-state index is 0.109. The SMILES string of the molecule is CCCNc1ncnc(NC2(CO)CC2)c1OC. The molecule has 0 amide bonds. The maximum Gasteiger partial charge on any atom is 0.204 e. The fourth-order valence-corrected chi connectivity index (χ4v) is 1.75. The highest BCUT2D eigenvalue weighted by atomic mass is 16.5. The van der Waals surface area contributed by atoms with Gasteiger partial charge >= 0.3 is 0 Å². The molecular weight excluding hydrogens is 232 g/mol. The van der Waals surface area contributed by atoms with Gasteiger partial charge in [0.15, 0.2) is 11.6 Å². The second kappa shape index (κ2) is 5.39. The molecule has 0 saturated heterocycles.